The van der Waals surface area contributed by atoms with E-state index in [1.807, 2.05) is 41.3 Å². The van der Waals surface area contributed by atoms with Gasteiger partial charge in [0.15, 0.2) is 6.61 Å². The maximum Gasteiger partial charge on any atom is 0.258 e. The molecule has 1 saturated carbocycles. The first-order chi connectivity index (χ1) is 15.7. The van der Waals surface area contributed by atoms with Gasteiger partial charge in [-0.05, 0) is 41.8 Å². The van der Waals surface area contributed by atoms with E-state index in [0.29, 0.717) is 43.4 Å². The van der Waals surface area contributed by atoms with Crippen LogP contribution in [0.3, 0.4) is 0 Å². The number of benzene rings is 2. The van der Waals surface area contributed by atoms with Crippen LogP contribution >= 0.6 is 0 Å². The van der Waals surface area contributed by atoms with Crippen LogP contribution < -0.4 is 15.0 Å². The first kappa shape index (κ1) is 20.2. The fourth-order valence-electron chi connectivity index (χ4n) is 3.88. The van der Waals surface area contributed by atoms with Gasteiger partial charge < -0.3 is 19.9 Å². The lowest BCUT2D eigenvalue weighted by molar-refractivity contribution is -0.123. The molecule has 2 fully saturated rings. The van der Waals surface area contributed by atoms with Gasteiger partial charge in [-0.2, -0.15) is 0 Å². The van der Waals surface area contributed by atoms with Crippen molar-refractivity contribution in [2.24, 2.45) is 0 Å². The molecule has 1 N–H and O–H groups in total. The molecule has 0 bridgehead atoms. The predicted molar refractivity (Wildman–Crippen MR) is 121 cm³/mol. The number of nitrogens with zero attached hydrogens (tertiary/aromatic N) is 4. The minimum absolute atomic E-state index is 0.0954. The highest BCUT2D eigenvalue weighted by atomic mass is 16.5. The third-order valence-corrected chi connectivity index (χ3v) is 5.78. The number of nitrogens with one attached hydrogen (secondary N) is 1. The summed E-state index contributed by atoms with van der Waals surface area (Å²) < 4.78 is 5.85. The monoisotopic (exact) mass is 431 g/mol. The van der Waals surface area contributed by atoms with Crippen LogP contribution in [-0.4, -0.2) is 65.5 Å². The van der Waals surface area contributed by atoms with Crippen LogP contribution in [0, 0.1) is 0 Å². The summed E-state index contributed by atoms with van der Waals surface area (Å²) in [4.78, 5) is 38.1. The molecule has 0 spiro atoms. The number of hydrogen-bond acceptors (Lipinski definition) is 6. The molecule has 2 amide bonds. The molecule has 8 heteroatoms. The number of ether oxygens (including phenoxy) is 1. The molecule has 2 aliphatic rings. The number of hydrogen-bond donors (Lipinski definition) is 1. The number of anilines is 1. The Morgan fingerprint density at radius 3 is 2.34 bits per heavy atom. The average molecular weight is 431 g/mol. The van der Waals surface area contributed by atoms with E-state index in [-0.39, 0.29) is 24.5 Å². The van der Waals surface area contributed by atoms with Crippen molar-refractivity contribution in [3.8, 4) is 5.75 Å². The third kappa shape index (κ3) is 4.49. The Labute approximate surface area is 186 Å². The van der Waals surface area contributed by atoms with E-state index in [1.54, 1.807) is 18.5 Å². The van der Waals surface area contributed by atoms with Gasteiger partial charge in [-0.1, -0.05) is 24.3 Å². The van der Waals surface area contributed by atoms with Crippen molar-refractivity contribution in [1.29, 1.82) is 0 Å². The molecule has 0 unspecified atom stereocenters. The number of aromatic nitrogens is 2. The van der Waals surface area contributed by atoms with E-state index in [0.717, 1.165) is 23.6 Å². The van der Waals surface area contributed by atoms with Crippen molar-refractivity contribution in [3.63, 3.8) is 0 Å². The minimum Gasteiger partial charge on any atom is -0.483 e. The second-order valence-electron chi connectivity index (χ2n) is 8.15. The van der Waals surface area contributed by atoms with Gasteiger partial charge >= 0.3 is 0 Å². The lowest BCUT2D eigenvalue weighted by Gasteiger charge is -2.35. The summed E-state index contributed by atoms with van der Waals surface area (Å²) in [5.41, 5.74) is 0.479. The normalized spacial score (nSPS) is 16.1. The summed E-state index contributed by atoms with van der Waals surface area (Å²) in [6.07, 6.45) is 5.48. The van der Waals surface area contributed by atoms with Gasteiger partial charge in [-0.25, -0.2) is 9.97 Å². The first-order valence-corrected chi connectivity index (χ1v) is 10.9. The zero-order chi connectivity index (χ0) is 21.9. The summed E-state index contributed by atoms with van der Waals surface area (Å²) >= 11 is 0. The molecule has 5 rings (SSSR count). The Kier molecular flexibility index (Phi) is 5.58. The Morgan fingerprint density at radius 2 is 1.66 bits per heavy atom. The maximum absolute atomic E-state index is 13.4. The Hall–Kier alpha value is -3.68. The Bertz CT molecular complexity index is 1120. The van der Waals surface area contributed by atoms with Crippen LogP contribution in [0.25, 0.3) is 10.8 Å². The van der Waals surface area contributed by atoms with E-state index in [4.69, 9.17) is 4.74 Å². The van der Waals surface area contributed by atoms with Crippen molar-refractivity contribution in [2.75, 3.05) is 37.7 Å². The zero-order valence-electron chi connectivity index (χ0n) is 17.7. The van der Waals surface area contributed by atoms with Crippen LogP contribution in [0.2, 0.25) is 0 Å². The van der Waals surface area contributed by atoms with E-state index in [9.17, 15) is 9.59 Å². The fraction of sp³-hybridized carbons (Fsp3) is 0.333. The Morgan fingerprint density at radius 1 is 0.969 bits per heavy atom. The summed E-state index contributed by atoms with van der Waals surface area (Å²) in [7, 11) is 0. The second kappa shape index (κ2) is 8.82. The van der Waals surface area contributed by atoms with Gasteiger partial charge in [-0.15, -0.1) is 0 Å². The summed E-state index contributed by atoms with van der Waals surface area (Å²) in [5.74, 6) is 0.863. The van der Waals surface area contributed by atoms with Gasteiger partial charge in [0.2, 0.25) is 5.95 Å². The zero-order valence-corrected chi connectivity index (χ0v) is 17.7. The molecule has 1 saturated heterocycles. The van der Waals surface area contributed by atoms with Crippen LogP contribution in [0.1, 0.15) is 23.2 Å². The molecule has 1 aliphatic carbocycles. The van der Waals surface area contributed by atoms with Crippen LogP contribution in [0.5, 0.6) is 5.75 Å². The summed E-state index contributed by atoms with van der Waals surface area (Å²) in [5, 5.41) is 4.84. The molecule has 0 radical (unpaired) electrons. The highest BCUT2D eigenvalue weighted by Gasteiger charge is 2.27. The highest BCUT2D eigenvalue weighted by molar-refractivity contribution is 6.02. The lowest BCUT2D eigenvalue weighted by Crippen LogP contribution is -2.49. The predicted octanol–water partition coefficient (Wildman–Crippen LogP) is 2.25. The topological polar surface area (TPSA) is 87.7 Å². The van der Waals surface area contributed by atoms with Crippen LogP contribution in [0.4, 0.5) is 5.95 Å². The highest BCUT2D eigenvalue weighted by Crippen LogP contribution is 2.28. The fourth-order valence-corrected chi connectivity index (χ4v) is 3.88. The van der Waals surface area contributed by atoms with E-state index < -0.39 is 0 Å². The third-order valence-electron chi connectivity index (χ3n) is 5.78. The van der Waals surface area contributed by atoms with Crippen LogP contribution in [-0.2, 0) is 4.79 Å². The quantitative estimate of drug-likeness (QED) is 0.644. The molecule has 32 heavy (non-hydrogen) atoms. The molecule has 2 heterocycles. The first-order valence-electron chi connectivity index (χ1n) is 10.9. The van der Waals surface area contributed by atoms with Crippen molar-refractivity contribution in [3.05, 3.63) is 60.4 Å². The maximum atomic E-state index is 13.4. The summed E-state index contributed by atoms with van der Waals surface area (Å²) in [6, 6.07) is 13.6. The lowest BCUT2D eigenvalue weighted by atomic mass is 10.0. The number of amides is 2. The van der Waals surface area contributed by atoms with Gasteiger partial charge in [0, 0.05) is 44.6 Å². The van der Waals surface area contributed by atoms with E-state index in [1.165, 1.54) is 0 Å². The van der Waals surface area contributed by atoms with Crippen molar-refractivity contribution >= 4 is 28.5 Å². The number of fused-ring (bicyclic) bond motifs is 1. The van der Waals surface area contributed by atoms with Crippen molar-refractivity contribution < 1.29 is 14.3 Å². The molecule has 164 valence electrons. The van der Waals surface area contributed by atoms with Gasteiger partial charge in [0.1, 0.15) is 5.75 Å². The summed E-state index contributed by atoms with van der Waals surface area (Å²) in [6.45, 7) is 2.33. The van der Waals surface area contributed by atoms with Crippen molar-refractivity contribution in [1.82, 2.24) is 20.2 Å². The molecule has 1 aromatic heterocycles. The van der Waals surface area contributed by atoms with Gasteiger partial charge in [0.05, 0.1) is 5.56 Å². The van der Waals surface area contributed by atoms with Gasteiger partial charge in [0.25, 0.3) is 11.8 Å². The Balaban J connectivity index is 1.33. The molecule has 3 aromatic rings. The van der Waals surface area contributed by atoms with E-state index >= 15 is 0 Å². The number of piperazine rings is 1. The standard InChI is InChI=1S/C24H25N5O3/c30-22(27-19-6-7-19)16-32-21-15-18-5-2-1-4-17(18)14-20(21)23(31)28-10-12-29(13-11-28)24-25-8-3-9-26-24/h1-5,8-9,14-15,19H,6-7,10-13,16H2,(H,27,30). The smallest absolute Gasteiger partial charge is 0.258 e. The van der Waals surface area contributed by atoms with Gasteiger partial charge in [-0.3, -0.25) is 9.59 Å². The number of rotatable bonds is 6. The number of carbonyl (C=O) groups is 2. The largest absolute Gasteiger partial charge is 0.483 e. The average Bonchev–Trinajstić information content (AvgIpc) is 3.66. The number of carbonyl (C=O) groups excluding carboxylic acids is 2. The molecular formula is C24H25N5O3. The second-order valence-corrected chi connectivity index (χ2v) is 8.15. The molecular weight excluding hydrogens is 406 g/mol. The van der Waals surface area contributed by atoms with E-state index in [2.05, 4.69) is 20.2 Å². The van der Waals surface area contributed by atoms with Crippen molar-refractivity contribution in [2.45, 2.75) is 18.9 Å². The molecule has 1 aliphatic heterocycles. The SMILES string of the molecule is O=C(COc1cc2ccccc2cc1C(=O)N1CCN(c2ncccn2)CC1)NC1CC1. The van der Waals surface area contributed by atoms with Crippen LogP contribution in [0.15, 0.2) is 54.9 Å². The molecule has 8 nitrogen and oxygen atoms in total. The minimum atomic E-state index is -0.157. The molecule has 2 aromatic carbocycles. The molecule has 0 atom stereocenters.